The van der Waals surface area contributed by atoms with Gasteiger partial charge in [0.05, 0.1) is 6.61 Å². The number of nitrogens with zero attached hydrogens (tertiary/aromatic N) is 1. The van der Waals surface area contributed by atoms with Gasteiger partial charge in [0.1, 0.15) is 12.2 Å². The summed E-state index contributed by atoms with van der Waals surface area (Å²) in [6.07, 6.45) is -4.08. The molecule has 1 aliphatic rings. The second kappa shape index (κ2) is 9.09. The normalized spacial score (nSPS) is 27.5. The molecule has 178 valence electrons. The molecule has 0 bridgehead atoms. The lowest BCUT2D eigenvalue weighted by atomic mass is 10.1. The second-order valence-corrected chi connectivity index (χ2v) is 11.9. The highest BCUT2D eigenvalue weighted by molar-refractivity contribution is 7.66. The standard InChI is InChI=1S/C10H15Cl2N2O14P3/c1-4-2-14(9(17)13-7(4)16)8-10(11,12)6(15)5(26-8)3-25-30(21,22)28-31(23,24)27-29(18,19)20/h2,5-6,8,15H,3H2,1H3,(H,21,22)(H,23,24)(H,13,16,17)(H2,18,19,20)/t5-,6-,8-/m1/s1. The van der Waals surface area contributed by atoms with E-state index in [4.69, 9.17) is 42.6 Å². The Labute approximate surface area is 181 Å². The number of halogens is 2. The largest absolute Gasteiger partial charge is 0.490 e. The van der Waals surface area contributed by atoms with Gasteiger partial charge in [0.25, 0.3) is 5.56 Å². The van der Waals surface area contributed by atoms with Gasteiger partial charge in [-0.15, -0.1) is 0 Å². The zero-order chi connectivity index (χ0) is 24.0. The van der Waals surface area contributed by atoms with Gasteiger partial charge in [-0.3, -0.25) is 18.9 Å². The number of nitrogens with one attached hydrogen (secondary N) is 1. The number of aryl methyl sites for hydroxylation is 1. The summed E-state index contributed by atoms with van der Waals surface area (Å²) in [6.45, 7) is 0.275. The Morgan fingerprint density at radius 1 is 1.16 bits per heavy atom. The van der Waals surface area contributed by atoms with Crippen molar-refractivity contribution >= 4 is 46.7 Å². The number of hydrogen-bond donors (Lipinski definition) is 6. The Balaban J connectivity index is 2.17. The molecule has 2 rings (SSSR count). The molecule has 1 aromatic heterocycles. The first-order valence-corrected chi connectivity index (χ1v) is 12.9. The Kier molecular flexibility index (Phi) is 7.87. The van der Waals surface area contributed by atoms with E-state index in [0.29, 0.717) is 0 Å². The first-order chi connectivity index (χ1) is 13.8. The zero-order valence-electron chi connectivity index (χ0n) is 15.0. The van der Waals surface area contributed by atoms with Crippen LogP contribution in [-0.4, -0.2) is 57.4 Å². The number of aliphatic hydroxyl groups is 1. The topological polar surface area (TPSA) is 244 Å². The molecule has 0 aliphatic carbocycles. The molecule has 1 aromatic rings. The van der Waals surface area contributed by atoms with E-state index >= 15 is 0 Å². The number of hydrogen-bond acceptors (Lipinski definition) is 10. The van der Waals surface area contributed by atoms with E-state index in [0.717, 1.165) is 10.8 Å². The molecule has 6 N–H and O–H groups in total. The predicted octanol–water partition coefficient (Wildman–Crippen LogP) is -0.379. The fraction of sp³-hybridized carbons (Fsp3) is 0.600. The fourth-order valence-corrected chi connectivity index (χ4v) is 5.96. The van der Waals surface area contributed by atoms with Crippen molar-refractivity contribution < 1.29 is 56.3 Å². The van der Waals surface area contributed by atoms with Gasteiger partial charge in [0, 0.05) is 11.8 Å². The molecular weight excluding hydrogens is 536 g/mol. The SMILES string of the molecule is Cc1cn([C@@H]2O[C@H](COP(=O)(O)OP(=O)(O)OP(=O)(O)O)[C@@H](O)C2(Cl)Cl)c(=O)[nH]c1=O. The number of phosphoric ester groups is 1. The van der Waals surface area contributed by atoms with Crippen molar-refractivity contribution in [3.05, 3.63) is 32.6 Å². The predicted molar refractivity (Wildman–Crippen MR) is 100 cm³/mol. The van der Waals surface area contributed by atoms with Crippen molar-refractivity contribution in [3.63, 3.8) is 0 Å². The first-order valence-electron chi connectivity index (χ1n) is 7.66. The average Bonchev–Trinajstić information content (AvgIpc) is 2.76. The molecule has 0 amide bonds. The van der Waals surface area contributed by atoms with E-state index in [9.17, 15) is 33.3 Å². The number of aromatic nitrogens is 2. The van der Waals surface area contributed by atoms with Crippen LogP contribution in [0.3, 0.4) is 0 Å². The van der Waals surface area contributed by atoms with Gasteiger partial charge in [-0.25, -0.2) is 18.5 Å². The van der Waals surface area contributed by atoms with Crippen molar-refractivity contribution in [2.45, 2.75) is 29.7 Å². The number of aromatic amines is 1. The van der Waals surface area contributed by atoms with E-state index < -0.39 is 64.1 Å². The van der Waals surface area contributed by atoms with Crippen molar-refractivity contribution in [1.82, 2.24) is 9.55 Å². The maximum Gasteiger partial charge on any atom is 0.490 e. The molecule has 1 aliphatic heterocycles. The molecular formula is C10H15Cl2N2O14P3. The van der Waals surface area contributed by atoms with Gasteiger partial charge < -0.3 is 29.4 Å². The lowest BCUT2D eigenvalue weighted by Crippen LogP contribution is -2.41. The average molecular weight is 551 g/mol. The molecule has 16 nitrogen and oxygen atoms in total. The quantitative estimate of drug-likeness (QED) is 0.178. The summed E-state index contributed by atoms with van der Waals surface area (Å²) in [7, 11) is -16.8. The molecule has 0 saturated carbocycles. The number of rotatable bonds is 8. The maximum atomic E-state index is 12.0. The lowest BCUT2D eigenvalue weighted by Gasteiger charge is -2.24. The Bertz CT molecular complexity index is 1100. The molecule has 21 heteroatoms. The van der Waals surface area contributed by atoms with Crippen molar-refractivity contribution in [2.24, 2.45) is 0 Å². The van der Waals surface area contributed by atoms with E-state index in [1.807, 2.05) is 4.98 Å². The van der Waals surface area contributed by atoms with Gasteiger partial charge >= 0.3 is 29.2 Å². The van der Waals surface area contributed by atoms with Crippen molar-refractivity contribution in [2.75, 3.05) is 6.61 Å². The second-order valence-electron chi connectivity index (χ2n) is 6.01. The van der Waals surface area contributed by atoms with Crippen LogP contribution in [0.4, 0.5) is 0 Å². The van der Waals surface area contributed by atoms with Crippen LogP contribution in [-0.2, 0) is 31.6 Å². The summed E-state index contributed by atoms with van der Waals surface area (Å²) in [5.41, 5.74) is -1.66. The van der Waals surface area contributed by atoms with Gasteiger partial charge in [-0.05, 0) is 6.92 Å². The molecule has 5 atom stereocenters. The minimum Gasteiger partial charge on any atom is -0.387 e. The molecule has 0 radical (unpaired) electrons. The molecule has 1 fully saturated rings. The molecule has 2 unspecified atom stereocenters. The number of aliphatic hydroxyl groups excluding tert-OH is 1. The van der Waals surface area contributed by atoms with Crippen LogP contribution in [0, 0.1) is 6.92 Å². The smallest absolute Gasteiger partial charge is 0.387 e. The van der Waals surface area contributed by atoms with Crippen LogP contribution in [0.2, 0.25) is 0 Å². The maximum absolute atomic E-state index is 12.0. The van der Waals surface area contributed by atoms with E-state index in [2.05, 4.69) is 13.1 Å². The van der Waals surface area contributed by atoms with E-state index in [1.54, 1.807) is 0 Å². The number of H-pyrrole nitrogens is 1. The van der Waals surface area contributed by atoms with Gasteiger partial charge in [-0.2, -0.15) is 8.62 Å². The Morgan fingerprint density at radius 2 is 1.74 bits per heavy atom. The highest BCUT2D eigenvalue weighted by Crippen LogP contribution is 2.66. The summed E-state index contributed by atoms with van der Waals surface area (Å²) in [5.74, 6) is 0. The van der Waals surface area contributed by atoms with Gasteiger partial charge in [0.2, 0.25) is 0 Å². The highest BCUT2D eigenvalue weighted by Gasteiger charge is 2.56. The van der Waals surface area contributed by atoms with Crippen molar-refractivity contribution in [3.8, 4) is 0 Å². The van der Waals surface area contributed by atoms with Crippen LogP contribution in [0.5, 0.6) is 0 Å². The first kappa shape index (κ1) is 26.8. The van der Waals surface area contributed by atoms with E-state index in [1.165, 1.54) is 6.92 Å². The summed E-state index contributed by atoms with van der Waals surface area (Å²) >= 11 is 12.1. The van der Waals surface area contributed by atoms with Crippen molar-refractivity contribution in [1.29, 1.82) is 0 Å². The van der Waals surface area contributed by atoms with Crippen LogP contribution in [0.15, 0.2) is 15.8 Å². The third kappa shape index (κ3) is 6.79. The molecule has 1 saturated heterocycles. The molecule has 31 heavy (non-hydrogen) atoms. The van der Waals surface area contributed by atoms with Gasteiger partial charge in [-0.1, -0.05) is 23.2 Å². The molecule has 0 aromatic carbocycles. The zero-order valence-corrected chi connectivity index (χ0v) is 19.2. The summed E-state index contributed by atoms with van der Waals surface area (Å²) in [4.78, 5) is 61.0. The van der Waals surface area contributed by atoms with Crippen LogP contribution in [0.25, 0.3) is 0 Å². The summed E-state index contributed by atoms with van der Waals surface area (Å²) in [5, 5.41) is 10.2. The lowest BCUT2D eigenvalue weighted by molar-refractivity contribution is -0.0453. The van der Waals surface area contributed by atoms with E-state index in [-0.39, 0.29) is 5.56 Å². The fourth-order valence-electron chi connectivity index (χ4n) is 2.34. The van der Waals surface area contributed by atoms with Crippen LogP contribution in [0.1, 0.15) is 11.8 Å². The van der Waals surface area contributed by atoms with Gasteiger partial charge in [0.15, 0.2) is 10.6 Å². The number of phosphoric acid groups is 3. The minimum absolute atomic E-state index is 0.0542. The molecule has 0 spiro atoms. The summed E-state index contributed by atoms with van der Waals surface area (Å²) in [6, 6.07) is 0. The van der Waals surface area contributed by atoms with Crippen LogP contribution < -0.4 is 11.2 Å². The Morgan fingerprint density at radius 3 is 2.29 bits per heavy atom. The monoisotopic (exact) mass is 550 g/mol. The number of ether oxygens (including phenoxy) is 1. The minimum atomic E-state index is -5.75. The third-order valence-electron chi connectivity index (χ3n) is 3.60. The van der Waals surface area contributed by atoms with Crippen LogP contribution >= 0.6 is 46.7 Å². The Hall–Kier alpha value is -0.410. The molecule has 2 heterocycles. The highest BCUT2D eigenvalue weighted by atomic mass is 35.5. The third-order valence-corrected chi connectivity index (χ3v) is 8.22. The summed E-state index contributed by atoms with van der Waals surface area (Å²) < 4.78 is 48.9. The number of alkyl halides is 2.